The van der Waals surface area contributed by atoms with E-state index in [1.807, 2.05) is 24.7 Å². The second kappa shape index (κ2) is 5.14. The van der Waals surface area contributed by atoms with Crippen LogP contribution < -0.4 is 4.74 Å². The summed E-state index contributed by atoms with van der Waals surface area (Å²) in [6, 6.07) is 0.592. The summed E-state index contributed by atoms with van der Waals surface area (Å²) in [6.07, 6.45) is 6.73. The predicted molar refractivity (Wildman–Crippen MR) is 64.3 cm³/mol. The smallest absolute Gasteiger partial charge is 0.321 e. The second-order valence-electron chi connectivity index (χ2n) is 3.86. The van der Waals surface area contributed by atoms with Crippen molar-refractivity contribution in [3.05, 3.63) is 30.4 Å². The van der Waals surface area contributed by atoms with Crippen LogP contribution in [0, 0.1) is 0 Å². The standard InChI is InChI=1S/C11H13ClN4O/c1-8(2)16-7-10(6-15-16)17-11-13-4-9(3-12)5-14-11/h4-8H,3H2,1-2H3. The molecule has 2 aromatic rings. The Morgan fingerprint density at radius 2 is 2.00 bits per heavy atom. The Balaban J connectivity index is 2.08. The van der Waals surface area contributed by atoms with Gasteiger partial charge in [-0.05, 0) is 13.8 Å². The van der Waals surface area contributed by atoms with Gasteiger partial charge in [0.15, 0.2) is 5.75 Å². The minimum absolute atomic E-state index is 0.294. The van der Waals surface area contributed by atoms with Crippen molar-refractivity contribution in [3.63, 3.8) is 0 Å². The Bertz CT molecular complexity index is 480. The molecule has 0 aliphatic heterocycles. The molecular weight excluding hydrogens is 240 g/mol. The molecule has 6 heteroatoms. The van der Waals surface area contributed by atoms with Gasteiger partial charge in [0.25, 0.3) is 0 Å². The largest absolute Gasteiger partial charge is 0.421 e. The van der Waals surface area contributed by atoms with Gasteiger partial charge >= 0.3 is 6.01 Å². The minimum Gasteiger partial charge on any atom is -0.421 e. The van der Waals surface area contributed by atoms with Crippen LogP contribution in [-0.2, 0) is 5.88 Å². The molecular formula is C11H13ClN4O. The van der Waals surface area contributed by atoms with Gasteiger partial charge in [-0.15, -0.1) is 11.6 Å². The molecule has 0 amide bonds. The van der Waals surface area contributed by atoms with Gasteiger partial charge in [0, 0.05) is 24.0 Å². The number of rotatable bonds is 4. The van der Waals surface area contributed by atoms with Crippen molar-refractivity contribution in [1.82, 2.24) is 19.7 Å². The number of alkyl halides is 1. The second-order valence-corrected chi connectivity index (χ2v) is 4.13. The van der Waals surface area contributed by atoms with Crippen LogP contribution in [0.2, 0.25) is 0 Å². The van der Waals surface area contributed by atoms with Crippen molar-refractivity contribution in [1.29, 1.82) is 0 Å². The maximum atomic E-state index is 5.64. The molecule has 0 radical (unpaired) electrons. The van der Waals surface area contributed by atoms with Crippen molar-refractivity contribution in [3.8, 4) is 11.8 Å². The molecule has 0 aromatic carbocycles. The van der Waals surface area contributed by atoms with Gasteiger partial charge in [-0.2, -0.15) is 5.10 Å². The van der Waals surface area contributed by atoms with Crippen LogP contribution >= 0.6 is 11.6 Å². The van der Waals surface area contributed by atoms with Crippen molar-refractivity contribution < 1.29 is 4.74 Å². The number of hydrogen-bond donors (Lipinski definition) is 0. The maximum Gasteiger partial charge on any atom is 0.321 e. The molecule has 2 rings (SSSR count). The summed E-state index contributed by atoms with van der Waals surface area (Å²) in [5, 5.41) is 4.16. The first-order chi connectivity index (χ1) is 8.19. The lowest BCUT2D eigenvalue weighted by molar-refractivity contribution is 0.438. The third-order valence-corrected chi connectivity index (χ3v) is 2.46. The summed E-state index contributed by atoms with van der Waals surface area (Å²) >= 11 is 5.64. The Labute approximate surface area is 104 Å². The highest BCUT2D eigenvalue weighted by molar-refractivity contribution is 6.17. The predicted octanol–water partition coefficient (Wildman–Crippen LogP) is 2.79. The van der Waals surface area contributed by atoms with Crippen LogP contribution in [-0.4, -0.2) is 19.7 Å². The van der Waals surface area contributed by atoms with Crippen LogP contribution in [0.15, 0.2) is 24.8 Å². The molecule has 0 aliphatic rings. The third kappa shape index (κ3) is 2.94. The molecule has 17 heavy (non-hydrogen) atoms. The van der Waals surface area contributed by atoms with Crippen molar-refractivity contribution in [2.24, 2.45) is 0 Å². The highest BCUT2D eigenvalue weighted by atomic mass is 35.5. The number of halogens is 1. The molecule has 2 heterocycles. The zero-order chi connectivity index (χ0) is 12.3. The molecule has 2 aromatic heterocycles. The summed E-state index contributed by atoms with van der Waals surface area (Å²) in [4.78, 5) is 8.09. The number of hydrogen-bond acceptors (Lipinski definition) is 4. The lowest BCUT2D eigenvalue weighted by atomic mass is 10.4. The molecule has 0 aliphatic carbocycles. The summed E-state index contributed by atoms with van der Waals surface area (Å²) in [5.41, 5.74) is 0.858. The van der Waals surface area contributed by atoms with E-state index < -0.39 is 0 Å². The van der Waals surface area contributed by atoms with E-state index in [-0.39, 0.29) is 0 Å². The molecule has 5 nitrogen and oxygen atoms in total. The van der Waals surface area contributed by atoms with E-state index in [4.69, 9.17) is 16.3 Å². The molecule has 0 bridgehead atoms. The van der Waals surface area contributed by atoms with Gasteiger partial charge in [0.1, 0.15) is 0 Å². The summed E-state index contributed by atoms with van der Waals surface area (Å²) in [5.74, 6) is 1.02. The van der Waals surface area contributed by atoms with Crippen molar-refractivity contribution in [2.75, 3.05) is 0 Å². The summed E-state index contributed by atoms with van der Waals surface area (Å²) in [6.45, 7) is 4.09. The topological polar surface area (TPSA) is 52.8 Å². The van der Waals surface area contributed by atoms with Crippen LogP contribution in [0.1, 0.15) is 25.5 Å². The molecule has 0 spiro atoms. The molecule has 0 saturated heterocycles. The first-order valence-corrected chi connectivity index (χ1v) is 5.81. The van der Waals surface area contributed by atoms with Gasteiger partial charge < -0.3 is 4.74 Å². The fraction of sp³-hybridized carbons (Fsp3) is 0.364. The van der Waals surface area contributed by atoms with E-state index in [2.05, 4.69) is 15.1 Å². The van der Waals surface area contributed by atoms with E-state index >= 15 is 0 Å². The summed E-state index contributed by atoms with van der Waals surface area (Å²) < 4.78 is 7.27. The molecule has 90 valence electrons. The number of aromatic nitrogens is 4. The lowest BCUT2D eigenvalue weighted by Crippen LogP contribution is -1.99. The Hall–Kier alpha value is -1.62. The molecule has 0 saturated carbocycles. The lowest BCUT2D eigenvalue weighted by Gasteiger charge is -2.03. The third-order valence-electron chi connectivity index (χ3n) is 2.15. The van der Waals surface area contributed by atoms with Crippen LogP contribution in [0.5, 0.6) is 11.8 Å². The van der Waals surface area contributed by atoms with E-state index in [1.165, 1.54) is 0 Å². The number of ether oxygens (including phenoxy) is 1. The molecule has 0 N–H and O–H groups in total. The fourth-order valence-electron chi connectivity index (χ4n) is 1.23. The Morgan fingerprint density at radius 3 is 2.53 bits per heavy atom. The Kier molecular flexibility index (Phi) is 3.58. The zero-order valence-electron chi connectivity index (χ0n) is 9.67. The van der Waals surface area contributed by atoms with Gasteiger partial charge in [-0.25, -0.2) is 9.97 Å². The van der Waals surface area contributed by atoms with Gasteiger partial charge in [-0.1, -0.05) is 0 Å². The van der Waals surface area contributed by atoms with E-state index in [0.29, 0.717) is 23.7 Å². The average Bonchev–Trinajstić information content (AvgIpc) is 2.79. The molecule has 0 unspecified atom stereocenters. The fourth-order valence-corrected chi connectivity index (χ4v) is 1.36. The van der Waals surface area contributed by atoms with Crippen LogP contribution in [0.25, 0.3) is 0 Å². The monoisotopic (exact) mass is 252 g/mol. The molecule has 0 fully saturated rings. The van der Waals surface area contributed by atoms with Crippen LogP contribution in [0.3, 0.4) is 0 Å². The van der Waals surface area contributed by atoms with E-state index in [9.17, 15) is 0 Å². The highest BCUT2D eigenvalue weighted by Gasteiger charge is 2.05. The first-order valence-electron chi connectivity index (χ1n) is 5.28. The normalized spacial score (nSPS) is 10.8. The van der Waals surface area contributed by atoms with Gasteiger partial charge in [0.2, 0.25) is 0 Å². The maximum absolute atomic E-state index is 5.64. The van der Waals surface area contributed by atoms with Crippen molar-refractivity contribution in [2.45, 2.75) is 25.8 Å². The first kappa shape index (κ1) is 11.9. The van der Waals surface area contributed by atoms with Crippen molar-refractivity contribution >= 4 is 11.6 Å². The van der Waals surface area contributed by atoms with Crippen LogP contribution in [0.4, 0.5) is 0 Å². The summed E-state index contributed by atoms with van der Waals surface area (Å²) in [7, 11) is 0. The minimum atomic E-state index is 0.294. The van der Waals surface area contributed by atoms with E-state index in [0.717, 1.165) is 5.56 Å². The highest BCUT2D eigenvalue weighted by Crippen LogP contribution is 2.18. The van der Waals surface area contributed by atoms with E-state index in [1.54, 1.807) is 18.6 Å². The van der Waals surface area contributed by atoms with Gasteiger partial charge in [0.05, 0.1) is 18.3 Å². The SMILES string of the molecule is CC(C)n1cc(Oc2ncc(CCl)cn2)cn1. The quantitative estimate of drug-likeness (QED) is 0.785. The zero-order valence-corrected chi connectivity index (χ0v) is 10.4. The Morgan fingerprint density at radius 1 is 1.29 bits per heavy atom. The molecule has 0 atom stereocenters. The average molecular weight is 253 g/mol. The van der Waals surface area contributed by atoms with Gasteiger partial charge in [-0.3, -0.25) is 4.68 Å². The number of nitrogens with zero attached hydrogens (tertiary/aromatic N) is 4.